The first-order valence-electron chi connectivity index (χ1n) is 8.76. The molecular weight excluding hydrogens is 388 g/mol. The molecule has 1 saturated heterocycles. The Hall–Kier alpha value is -2.33. The van der Waals surface area contributed by atoms with Gasteiger partial charge >= 0.3 is 12.2 Å². The molecule has 0 saturated carbocycles. The van der Waals surface area contributed by atoms with E-state index in [0.717, 1.165) is 11.8 Å². The van der Waals surface area contributed by atoms with E-state index in [1.807, 2.05) is 30.3 Å². The van der Waals surface area contributed by atoms with Gasteiger partial charge in [-0.3, -0.25) is 4.18 Å². The maximum Gasteiger partial charge on any atom is 0.410 e. The lowest BCUT2D eigenvalue weighted by atomic mass is 10.2. The molecule has 0 spiro atoms. The highest BCUT2D eigenvalue weighted by molar-refractivity contribution is 7.86. The van der Waals surface area contributed by atoms with Crippen LogP contribution >= 0.6 is 0 Å². The first-order valence-corrected chi connectivity index (χ1v) is 10.6. The standard InChI is InChI=1S/C18H26N2O7S/c1-18(2,3)26-17(22)20-10-14(15(11-20)27-28(4,23)24)19-16(21)25-12-13-8-6-5-7-9-13/h5-9,14-15H,10-12H2,1-4H3,(H,19,21)/t14-,15-/m0/s1. The summed E-state index contributed by atoms with van der Waals surface area (Å²) in [6.07, 6.45) is -1.38. The molecule has 1 aromatic rings. The van der Waals surface area contributed by atoms with Crippen LogP contribution in [0.25, 0.3) is 0 Å². The predicted octanol–water partition coefficient (Wildman–Crippen LogP) is 1.88. The molecule has 1 heterocycles. The summed E-state index contributed by atoms with van der Waals surface area (Å²) >= 11 is 0. The zero-order chi connectivity index (χ0) is 20.9. The highest BCUT2D eigenvalue weighted by Crippen LogP contribution is 2.19. The fraction of sp³-hybridized carbons (Fsp3) is 0.556. The van der Waals surface area contributed by atoms with Gasteiger partial charge in [-0.15, -0.1) is 0 Å². The number of nitrogens with one attached hydrogen (secondary N) is 1. The summed E-state index contributed by atoms with van der Waals surface area (Å²) in [7, 11) is -3.79. The Morgan fingerprint density at radius 2 is 1.82 bits per heavy atom. The maximum atomic E-state index is 12.3. The molecule has 1 fully saturated rings. The minimum absolute atomic E-state index is 0.0361. The normalized spacial score (nSPS) is 19.9. The molecule has 156 valence electrons. The third kappa shape index (κ3) is 7.35. The highest BCUT2D eigenvalue weighted by Gasteiger charge is 2.40. The van der Waals surface area contributed by atoms with Crippen LogP contribution in [0.3, 0.4) is 0 Å². The number of amides is 2. The zero-order valence-corrected chi connectivity index (χ0v) is 17.2. The van der Waals surface area contributed by atoms with E-state index in [1.165, 1.54) is 4.90 Å². The van der Waals surface area contributed by atoms with E-state index in [0.29, 0.717) is 0 Å². The molecule has 28 heavy (non-hydrogen) atoms. The van der Waals surface area contributed by atoms with Gasteiger partial charge in [0.1, 0.15) is 18.3 Å². The van der Waals surface area contributed by atoms with Gasteiger partial charge in [-0.25, -0.2) is 9.59 Å². The van der Waals surface area contributed by atoms with Gasteiger partial charge in [0.2, 0.25) is 0 Å². The molecule has 2 amide bonds. The van der Waals surface area contributed by atoms with Crippen molar-refractivity contribution in [2.75, 3.05) is 19.3 Å². The highest BCUT2D eigenvalue weighted by atomic mass is 32.2. The number of rotatable bonds is 5. The summed E-state index contributed by atoms with van der Waals surface area (Å²) in [6.45, 7) is 5.24. The largest absolute Gasteiger partial charge is 0.445 e. The molecule has 1 aliphatic heterocycles. The fourth-order valence-corrected chi connectivity index (χ4v) is 3.27. The summed E-state index contributed by atoms with van der Waals surface area (Å²) in [6, 6.07) is 8.35. The van der Waals surface area contributed by atoms with Crippen molar-refractivity contribution in [3.8, 4) is 0 Å². The van der Waals surface area contributed by atoms with E-state index in [4.69, 9.17) is 13.7 Å². The van der Waals surface area contributed by atoms with Gasteiger partial charge < -0.3 is 19.7 Å². The average Bonchev–Trinajstić information content (AvgIpc) is 2.93. The Morgan fingerprint density at radius 3 is 2.39 bits per heavy atom. The maximum absolute atomic E-state index is 12.3. The van der Waals surface area contributed by atoms with Gasteiger partial charge in [0.25, 0.3) is 10.1 Å². The number of likely N-dealkylation sites (tertiary alicyclic amines) is 1. The number of carbonyl (C=O) groups excluding carboxylic acids is 2. The predicted molar refractivity (Wildman–Crippen MR) is 101 cm³/mol. The smallest absolute Gasteiger partial charge is 0.410 e. The number of nitrogens with zero attached hydrogens (tertiary/aromatic N) is 1. The SMILES string of the molecule is CC(C)(C)OC(=O)N1C[C@H](NC(=O)OCc2ccccc2)[C@@H](OS(C)(=O)=O)C1. The number of hydrogen-bond acceptors (Lipinski definition) is 7. The first kappa shape index (κ1) is 22.0. The number of hydrogen-bond donors (Lipinski definition) is 1. The monoisotopic (exact) mass is 414 g/mol. The summed E-state index contributed by atoms with van der Waals surface area (Å²) in [5, 5.41) is 2.57. The van der Waals surface area contributed by atoms with Crippen LogP contribution in [0.5, 0.6) is 0 Å². The van der Waals surface area contributed by atoms with Crippen molar-refractivity contribution in [1.29, 1.82) is 0 Å². The average molecular weight is 414 g/mol. The minimum Gasteiger partial charge on any atom is -0.445 e. The minimum atomic E-state index is -3.79. The van der Waals surface area contributed by atoms with Crippen molar-refractivity contribution in [3.05, 3.63) is 35.9 Å². The van der Waals surface area contributed by atoms with E-state index in [1.54, 1.807) is 20.8 Å². The fourth-order valence-electron chi connectivity index (χ4n) is 2.63. The summed E-state index contributed by atoms with van der Waals surface area (Å²) in [5.74, 6) is 0. The van der Waals surface area contributed by atoms with Crippen molar-refractivity contribution in [2.24, 2.45) is 0 Å². The summed E-state index contributed by atoms with van der Waals surface area (Å²) < 4.78 is 38.6. The summed E-state index contributed by atoms with van der Waals surface area (Å²) in [5.41, 5.74) is 0.105. The number of alkyl carbamates (subject to hydrolysis) is 1. The second-order valence-electron chi connectivity index (χ2n) is 7.54. The van der Waals surface area contributed by atoms with E-state index in [-0.39, 0.29) is 19.7 Å². The molecule has 10 heteroatoms. The molecule has 0 unspecified atom stereocenters. The Kier molecular flexibility index (Phi) is 6.89. The van der Waals surface area contributed by atoms with Crippen LogP contribution in [0.15, 0.2) is 30.3 Å². The van der Waals surface area contributed by atoms with E-state index >= 15 is 0 Å². The van der Waals surface area contributed by atoms with Crippen LogP contribution < -0.4 is 5.32 Å². The van der Waals surface area contributed by atoms with Gasteiger partial charge in [0, 0.05) is 6.54 Å². The lowest BCUT2D eigenvalue weighted by Gasteiger charge is -2.24. The molecular formula is C18H26N2O7S. The van der Waals surface area contributed by atoms with Gasteiger partial charge in [-0.2, -0.15) is 8.42 Å². The van der Waals surface area contributed by atoms with Crippen LogP contribution in [0.2, 0.25) is 0 Å². The second-order valence-corrected chi connectivity index (χ2v) is 9.14. The first-order chi connectivity index (χ1) is 12.9. The van der Waals surface area contributed by atoms with E-state index < -0.39 is 40.1 Å². The van der Waals surface area contributed by atoms with E-state index in [2.05, 4.69) is 5.32 Å². The van der Waals surface area contributed by atoms with Gasteiger partial charge in [-0.1, -0.05) is 30.3 Å². The molecule has 1 aliphatic rings. The molecule has 0 bridgehead atoms. The Morgan fingerprint density at radius 1 is 1.18 bits per heavy atom. The second kappa shape index (κ2) is 8.78. The van der Waals surface area contributed by atoms with Crippen LogP contribution in [0.4, 0.5) is 9.59 Å². The van der Waals surface area contributed by atoms with Crippen LogP contribution in [-0.4, -0.2) is 62.6 Å². The van der Waals surface area contributed by atoms with Gasteiger partial charge in [0.05, 0.1) is 18.8 Å². The lowest BCUT2D eigenvalue weighted by molar-refractivity contribution is 0.0275. The third-order valence-electron chi connectivity index (χ3n) is 3.73. The molecule has 0 aliphatic carbocycles. The molecule has 9 nitrogen and oxygen atoms in total. The quantitative estimate of drug-likeness (QED) is 0.732. The number of ether oxygens (including phenoxy) is 2. The molecule has 0 aromatic heterocycles. The van der Waals surface area contributed by atoms with Crippen molar-refractivity contribution >= 4 is 22.3 Å². The van der Waals surface area contributed by atoms with Crippen molar-refractivity contribution in [3.63, 3.8) is 0 Å². The van der Waals surface area contributed by atoms with Crippen LogP contribution in [0.1, 0.15) is 26.3 Å². The zero-order valence-electron chi connectivity index (χ0n) is 16.4. The Balaban J connectivity index is 1.99. The lowest BCUT2D eigenvalue weighted by Crippen LogP contribution is -2.45. The van der Waals surface area contributed by atoms with Crippen molar-refractivity contribution in [1.82, 2.24) is 10.2 Å². The third-order valence-corrected chi connectivity index (χ3v) is 4.33. The van der Waals surface area contributed by atoms with Crippen LogP contribution in [0, 0.1) is 0 Å². The molecule has 1 aromatic carbocycles. The number of benzene rings is 1. The van der Waals surface area contributed by atoms with Crippen LogP contribution in [-0.2, 0) is 30.4 Å². The van der Waals surface area contributed by atoms with Crippen molar-refractivity contribution in [2.45, 2.75) is 45.1 Å². The Bertz CT molecular complexity index is 790. The molecule has 1 N–H and O–H groups in total. The van der Waals surface area contributed by atoms with Crippen molar-refractivity contribution < 1.29 is 31.7 Å². The number of carbonyl (C=O) groups is 2. The molecule has 0 radical (unpaired) electrons. The topological polar surface area (TPSA) is 111 Å². The Labute approximate surface area is 165 Å². The van der Waals surface area contributed by atoms with Gasteiger partial charge in [0.15, 0.2) is 0 Å². The molecule has 2 rings (SSSR count). The van der Waals surface area contributed by atoms with Gasteiger partial charge in [-0.05, 0) is 26.3 Å². The summed E-state index contributed by atoms with van der Waals surface area (Å²) in [4.78, 5) is 25.7. The molecule has 2 atom stereocenters. The van der Waals surface area contributed by atoms with E-state index in [9.17, 15) is 18.0 Å².